The lowest BCUT2D eigenvalue weighted by atomic mass is 10.2. The quantitative estimate of drug-likeness (QED) is 0.843. The van der Waals surface area contributed by atoms with Crippen molar-refractivity contribution in [2.24, 2.45) is 0 Å². The Labute approximate surface area is 99.6 Å². The second kappa shape index (κ2) is 4.62. The number of aliphatic hydroxyl groups is 1. The molecule has 17 heavy (non-hydrogen) atoms. The molecule has 0 unspecified atom stereocenters. The Morgan fingerprint density at radius 3 is 2.47 bits per heavy atom. The lowest BCUT2D eigenvalue weighted by Crippen LogP contribution is -2.40. The molecule has 1 aliphatic heterocycles. The molecule has 0 spiro atoms. The molecule has 0 radical (unpaired) electrons. The van der Waals surface area contributed by atoms with Crippen LogP contribution in [0.5, 0.6) is 0 Å². The van der Waals surface area contributed by atoms with Gasteiger partial charge in [-0.3, -0.25) is 0 Å². The van der Waals surface area contributed by atoms with Crippen LogP contribution in [0.25, 0.3) is 0 Å². The van der Waals surface area contributed by atoms with Crippen molar-refractivity contribution in [1.29, 1.82) is 0 Å². The molecule has 1 N–H and O–H groups in total. The van der Waals surface area contributed by atoms with Crippen LogP contribution in [0.1, 0.15) is 5.56 Å². The average molecular weight is 259 g/mol. The van der Waals surface area contributed by atoms with Crippen LogP contribution in [0.2, 0.25) is 0 Å². The molecule has 1 saturated heterocycles. The van der Waals surface area contributed by atoms with Gasteiger partial charge in [-0.2, -0.15) is 0 Å². The molecule has 0 aliphatic carbocycles. The van der Waals surface area contributed by atoms with E-state index in [2.05, 4.69) is 0 Å². The highest BCUT2D eigenvalue weighted by Crippen LogP contribution is 2.22. The Hall–Kier alpha value is -1.14. The fourth-order valence-electron chi connectivity index (χ4n) is 1.86. The second-order valence-corrected chi connectivity index (χ2v) is 6.39. The molecule has 6 heteroatoms. The van der Waals surface area contributed by atoms with Gasteiger partial charge >= 0.3 is 0 Å². The number of rotatable bonds is 2. The predicted molar refractivity (Wildman–Crippen MR) is 63.2 cm³/mol. The van der Waals surface area contributed by atoms with Gasteiger partial charge in [-0.15, -0.1) is 0 Å². The molecule has 94 valence electrons. The zero-order valence-electron chi connectivity index (χ0n) is 9.26. The van der Waals surface area contributed by atoms with Crippen LogP contribution in [0.3, 0.4) is 0 Å². The van der Waals surface area contributed by atoms with Crippen molar-refractivity contribution < 1.29 is 17.9 Å². The number of hydrogen-bond donors (Lipinski definition) is 1. The molecule has 0 amide bonds. The van der Waals surface area contributed by atoms with Gasteiger partial charge in [0, 0.05) is 13.1 Å². The molecule has 0 atom stereocenters. The first-order chi connectivity index (χ1) is 8.02. The number of nitrogens with zero attached hydrogens (tertiary/aromatic N) is 1. The summed E-state index contributed by atoms with van der Waals surface area (Å²) in [6.07, 6.45) is 0. The summed E-state index contributed by atoms with van der Waals surface area (Å²) in [5.74, 6) is -0.293. The molecule has 1 aromatic carbocycles. The molecule has 0 bridgehead atoms. The third kappa shape index (κ3) is 2.76. The van der Waals surface area contributed by atoms with Crippen molar-refractivity contribution in [1.82, 2.24) is 0 Å². The Kier molecular flexibility index (Phi) is 3.35. The van der Waals surface area contributed by atoms with Gasteiger partial charge in [0.1, 0.15) is 5.82 Å². The highest BCUT2D eigenvalue weighted by atomic mass is 32.2. The molecule has 2 rings (SSSR count). The van der Waals surface area contributed by atoms with Crippen molar-refractivity contribution in [3.8, 4) is 0 Å². The van der Waals surface area contributed by atoms with Crippen LogP contribution < -0.4 is 4.90 Å². The van der Waals surface area contributed by atoms with Crippen LogP contribution in [0, 0.1) is 5.82 Å². The average Bonchev–Trinajstić information content (AvgIpc) is 2.29. The fraction of sp³-hybridized carbons (Fsp3) is 0.455. The maximum absolute atomic E-state index is 13.7. The smallest absolute Gasteiger partial charge is 0.153 e. The van der Waals surface area contributed by atoms with Crippen LogP contribution in [-0.2, 0) is 16.4 Å². The summed E-state index contributed by atoms with van der Waals surface area (Å²) in [6.45, 7) is 0.432. The van der Waals surface area contributed by atoms with Gasteiger partial charge < -0.3 is 10.0 Å². The van der Waals surface area contributed by atoms with Crippen molar-refractivity contribution >= 4 is 15.5 Å². The van der Waals surface area contributed by atoms with Crippen LogP contribution in [0.15, 0.2) is 18.2 Å². The standard InChI is InChI=1S/C11H14FNO3S/c12-10-7-9(8-14)1-2-11(10)13-3-5-17(15,16)6-4-13/h1-2,7,14H,3-6,8H2. The molecule has 0 aromatic heterocycles. The van der Waals surface area contributed by atoms with Gasteiger partial charge in [-0.25, -0.2) is 12.8 Å². The number of benzene rings is 1. The van der Waals surface area contributed by atoms with Gasteiger partial charge in [0.05, 0.1) is 23.8 Å². The van der Waals surface area contributed by atoms with E-state index in [9.17, 15) is 12.8 Å². The van der Waals surface area contributed by atoms with Crippen LogP contribution in [0.4, 0.5) is 10.1 Å². The van der Waals surface area contributed by atoms with Gasteiger partial charge in [-0.05, 0) is 17.7 Å². The zero-order chi connectivity index (χ0) is 12.5. The van der Waals surface area contributed by atoms with E-state index in [-0.39, 0.29) is 18.1 Å². The first kappa shape index (κ1) is 12.3. The number of hydrogen-bond acceptors (Lipinski definition) is 4. The van der Waals surface area contributed by atoms with E-state index in [1.165, 1.54) is 6.07 Å². The number of sulfone groups is 1. The van der Waals surface area contributed by atoms with E-state index in [1.54, 1.807) is 17.0 Å². The minimum Gasteiger partial charge on any atom is -0.392 e. The Morgan fingerprint density at radius 1 is 1.29 bits per heavy atom. The predicted octanol–water partition coefficient (Wildman–Crippen LogP) is 0.553. The van der Waals surface area contributed by atoms with E-state index in [4.69, 9.17) is 5.11 Å². The van der Waals surface area contributed by atoms with Gasteiger partial charge in [-0.1, -0.05) is 6.07 Å². The van der Waals surface area contributed by atoms with Crippen molar-refractivity contribution in [2.75, 3.05) is 29.5 Å². The van der Waals surface area contributed by atoms with E-state index >= 15 is 0 Å². The molecule has 4 nitrogen and oxygen atoms in total. The monoisotopic (exact) mass is 259 g/mol. The SMILES string of the molecule is O=S1(=O)CCN(c2ccc(CO)cc2F)CC1. The van der Waals surface area contributed by atoms with E-state index < -0.39 is 15.7 Å². The van der Waals surface area contributed by atoms with Crippen molar-refractivity contribution in [2.45, 2.75) is 6.61 Å². The number of halogens is 1. The largest absolute Gasteiger partial charge is 0.392 e. The lowest BCUT2D eigenvalue weighted by molar-refractivity contribution is 0.281. The maximum Gasteiger partial charge on any atom is 0.153 e. The summed E-state index contributed by atoms with van der Waals surface area (Å²) in [7, 11) is -2.95. The summed E-state index contributed by atoms with van der Waals surface area (Å²) in [5, 5.41) is 8.87. The van der Waals surface area contributed by atoms with Gasteiger partial charge in [0.2, 0.25) is 0 Å². The molecule has 1 aliphatic rings. The third-order valence-electron chi connectivity index (χ3n) is 2.88. The second-order valence-electron chi connectivity index (χ2n) is 4.08. The van der Waals surface area contributed by atoms with Gasteiger partial charge in [0.25, 0.3) is 0 Å². The first-order valence-electron chi connectivity index (χ1n) is 5.36. The Morgan fingerprint density at radius 2 is 1.94 bits per heavy atom. The lowest BCUT2D eigenvalue weighted by Gasteiger charge is -2.29. The van der Waals surface area contributed by atoms with Crippen molar-refractivity contribution in [3.05, 3.63) is 29.6 Å². The summed E-state index contributed by atoms with van der Waals surface area (Å²) >= 11 is 0. The maximum atomic E-state index is 13.7. The summed E-state index contributed by atoms with van der Waals surface area (Å²) in [5.41, 5.74) is 0.910. The molecule has 1 heterocycles. The fourth-order valence-corrected chi connectivity index (χ4v) is 3.06. The first-order valence-corrected chi connectivity index (χ1v) is 7.18. The Balaban J connectivity index is 2.19. The Bertz CT molecular complexity index is 501. The molecular weight excluding hydrogens is 245 g/mol. The number of anilines is 1. The minimum absolute atomic E-state index is 0.0637. The van der Waals surface area contributed by atoms with E-state index in [0.29, 0.717) is 24.3 Å². The zero-order valence-corrected chi connectivity index (χ0v) is 10.1. The minimum atomic E-state index is -2.95. The molecule has 1 aromatic rings. The van der Waals surface area contributed by atoms with E-state index in [0.717, 1.165) is 0 Å². The highest BCUT2D eigenvalue weighted by molar-refractivity contribution is 7.91. The summed E-state index contributed by atoms with van der Waals surface area (Å²) in [6, 6.07) is 4.50. The summed E-state index contributed by atoms with van der Waals surface area (Å²) in [4.78, 5) is 1.72. The molecule has 0 saturated carbocycles. The van der Waals surface area contributed by atoms with Gasteiger partial charge in [0.15, 0.2) is 9.84 Å². The van der Waals surface area contributed by atoms with Crippen LogP contribution in [-0.4, -0.2) is 38.1 Å². The highest BCUT2D eigenvalue weighted by Gasteiger charge is 2.23. The number of aliphatic hydroxyl groups excluding tert-OH is 1. The third-order valence-corrected chi connectivity index (χ3v) is 4.49. The topological polar surface area (TPSA) is 57.6 Å². The summed E-state index contributed by atoms with van der Waals surface area (Å²) < 4.78 is 36.2. The van der Waals surface area contributed by atoms with Crippen LogP contribution >= 0.6 is 0 Å². The van der Waals surface area contributed by atoms with E-state index in [1.807, 2.05) is 0 Å². The molecule has 1 fully saturated rings. The van der Waals surface area contributed by atoms with Crippen molar-refractivity contribution in [3.63, 3.8) is 0 Å². The normalized spacial score (nSPS) is 19.3. The molecular formula is C11H14FNO3S.